The summed E-state index contributed by atoms with van der Waals surface area (Å²) >= 11 is 0. The highest BCUT2D eigenvalue weighted by Gasteiger charge is 2.27. The Hall–Kier alpha value is -1.39. The van der Waals surface area contributed by atoms with Crippen LogP contribution >= 0.6 is 0 Å². The Balaban J connectivity index is 1.96. The highest BCUT2D eigenvalue weighted by atomic mass is 16.1. The lowest BCUT2D eigenvalue weighted by atomic mass is 9.99. The molecule has 1 amide bonds. The normalized spacial score (nSPS) is 23.2. The van der Waals surface area contributed by atoms with Crippen LogP contribution in [0.2, 0.25) is 0 Å². The van der Waals surface area contributed by atoms with Gasteiger partial charge in [0, 0.05) is 19.0 Å². The van der Waals surface area contributed by atoms with Crippen molar-refractivity contribution >= 4 is 5.91 Å². The fraction of sp³-hybridized carbons (Fsp3) is 0.588. The lowest BCUT2D eigenvalue weighted by molar-refractivity contribution is -0.122. The summed E-state index contributed by atoms with van der Waals surface area (Å²) < 4.78 is 0. The number of amides is 1. The van der Waals surface area contributed by atoms with Crippen molar-refractivity contribution in [2.24, 2.45) is 11.7 Å². The van der Waals surface area contributed by atoms with Gasteiger partial charge in [-0.05, 0) is 38.4 Å². The molecule has 0 spiro atoms. The molecule has 3 N–H and O–H groups in total. The van der Waals surface area contributed by atoms with Crippen molar-refractivity contribution in [3.8, 4) is 0 Å². The SMILES string of the molecule is CN(C)CC(NC(=O)C[C@@H]1CCC[C@H]1N)c1ccccc1. The van der Waals surface area contributed by atoms with Gasteiger partial charge in [-0.15, -0.1) is 0 Å². The topological polar surface area (TPSA) is 58.4 Å². The second-order valence-corrected chi connectivity index (χ2v) is 6.35. The standard InChI is InChI=1S/C17H27N3O/c1-20(2)12-16(13-7-4-3-5-8-13)19-17(21)11-14-9-6-10-15(14)18/h3-5,7-8,14-16H,6,9-12,18H2,1-2H3,(H,19,21)/t14-,15+,16?/m0/s1. The number of carbonyl (C=O) groups excluding carboxylic acids is 1. The highest BCUT2D eigenvalue weighted by Crippen LogP contribution is 2.27. The van der Waals surface area contributed by atoms with Gasteiger partial charge in [0.05, 0.1) is 6.04 Å². The lowest BCUT2D eigenvalue weighted by Crippen LogP contribution is -2.37. The van der Waals surface area contributed by atoms with Crippen LogP contribution in [0, 0.1) is 5.92 Å². The number of nitrogens with one attached hydrogen (secondary N) is 1. The second-order valence-electron chi connectivity index (χ2n) is 6.35. The Morgan fingerprint density at radius 1 is 1.33 bits per heavy atom. The summed E-state index contributed by atoms with van der Waals surface area (Å²) in [7, 11) is 4.05. The van der Waals surface area contributed by atoms with E-state index in [4.69, 9.17) is 5.73 Å². The lowest BCUT2D eigenvalue weighted by Gasteiger charge is -2.24. The molecular weight excluding hydrogens is 262 g/mol. The van der Waals surface area contributed by atoms with Crippen LogP contribution in [0.3, 0.4) is 0 Å². The molecule has 4 heteroatoms. The van der Waals surface area contributed by atoms with Gasteiger partial charge in [0.2, 0.25) is 5.91 Å². The molecule has 1 aromatic rings. The minimum absolute atomic E-state index is 0.0336. The molecule has 21 heavy (non-hydrogen) atoms. The number of hydrogen-bond acceptors (Lipinski definition) is 3. The molecule has 0 aromatic heterocycles. The van der Waals surface area contributed by atoms with Crippen LogP contribution in [-0.4, -0.2) is 37.5 Å². The maximum atomic E-state index is 12.3. The number of nitrogens with two attached hydrogens (primary N) is 1. The molecule has 0 saturated heterocycles. The summed E-state index contributed by atoms with van der Waals surface area (Å²) in [6.45, 7) is 0.798. The molecule has 1 aliphatic carbocycles. The first-order valence-corrected chi connectivity index (χ1v) is 7.81. The molecule has 0 heterocycles. The molecule has 2 rings (SSSR count). The van der Waals surface area contributed by atoms with Crippen LogP contribution in [-0.2, 0) is 4.79 Å². The Bertz CT molecular complexity index is 447. The van der Waals surface area contributed by atoms with E-state index in [1.165, 1.54) is 0 Å². The zero-order valence-corrected chi connectivity index (χ0v) is 13.1. The smallest absolute Gasteiger partial charge is 0.220 e. The average molecular weight is 289 g/mol. The Labute approximate surface area is 127 Å². The van der Waals surface area contributed by atoms with Gasteiger partial charge in [-0.3, -0.25) is 4.79 Å². The van der Waals surface area contributed by atoms with Crippen molar-refractivity contribution in [3.63, 3.8) is 0 Å². The number of likely N-dealkylation sites (N-methyl/N-ethyl adjacent to an activating group) is 1. The molecule has 4 nitrogen and oxygen atoms in total. The predicted molar refractivity (Wildman–Crippen MR) is 85.8 cm³/mol. The van der Waals surface area contributed by atoms with E-state index in [9.17, 15) is 4.79 Å². The second kappa shape index (κ2) is 7.57. The molecule has 116 valence electrons. The third-order valence-corrected chi connectivity index (χ3v) is 4.25. The molecule has 1 unspecified atom stereocenters. The number of benzene rings is 1. The summed E-state index contributed by atoms with van der Waals surface area (Å²) in [5.41, 5.74) is 7.21. The van der Waals surface area contributed by atoms with Crippen LogP contribution < -0.4 is 11.1 Å². The minimum Gasteiger partial charge on any atom is -0.348 e. The Kier molecular flexibility index (Phi) is 5.76. The van der Waals surface area contributed by atoms with Gasteiger partial charge in [-0.25, -0.2) is 0 Å². The molecular formula is C17H27N3O. The van der Waals surface area contributed by atoms with Crippen molar-refractivity contribution in [2.75, 3.05) is 20.6 Å². The average Bonchev–Trinajstić information content (AvgIpc) is 2.84. The van der Waals surface area contributed by atoms with Crippen molar-refractivity contribution in [1.82, 2.24) is 10.2 Å². The minimum atomic E-state index is 0.0336. The van der Waals surface area contributed by atoms with E-state index < -0.39 is 0 Å². The summed E-state index contributed by atoms with van der Waals surface area (Å²) in [5, 5.41) is 3.18. The monoisotopic (exact) mass is 289 g/mol. The fourth-order valence-corrected chi connectivity index (χ4v) is 3.10. The van der Waals surface area contributed by atoms with E-state index in [0.29, 0.717) is 12.3 Å². The predicted octanol–water partition coefficient (Wildman–Crippen LogP) is 1.92. The maximum Gasteiger partial charge on any atom is 0.220 e. The van der Waals surface area contributed by atoms with Crippen LogP contribution in [0.5, 0.6) is 0 Å². The van der Waals surface area contributed by atoms with Gasteiger partial charge in [-0.2, -0.15) is 0 Å². The van der Waals surface area contributed by atoms with Gasteiger partial charge in [-0.1, -0.05) is 36.8 Å². The number of carbonyl (C=O) groups is 1. The van der Waals surface area contributed by atoms with E-state index in [2.05, 4.69) is 22.3 Å². The summed E-state index contributed by atoms with van der Waals surface area (Å²) in [4.78, 5) is 14.4. The van der Waals surface area contributed by atoms with Gasteiger partial charge >= 0.3 is 0 Å². The first-order valence-electron chi connectivity index (χ1n) is 7.81. The summed E-state index contributed by atoms with van der Waals surface area (Å²) in [6.07, 6.45) is 3.84. The number of hydrogen-bond donors (Lipinski definition) is 2. The van der Waals surface area contributed by atoms with E-state index in [1.54, 1.807) is 0 Å². The molecule has 1 fully saturated rings. The van der Waals surface area contributed by atoms with E-state index >= 15 is 0 Å². The zero-order valence-electron chi connectivity index (χ0n) is 13.1. The molecule has 1 aromatic carbocycles. The quantitative estimate of drug-likeness (QED) is 0.841. The van der Waals surface area contributed by atoms with Crippen molar-refractivity contribution < 1.29 is 4.79 Å². The number of rotatable bonds is 6. The van der Waals surface area contributed by atoms with E-state index in [-0.39, 0.29) is 18.0 Å². The van der Waals surface area contributed by atoms with Gasteiger partial charge in [0.1, 0.15) is 0 Å². The first-order chi connectivity index (χ1) is 10.1. The molecule has 0 aliphatic heterocycles. The molecule has 0 bridgehead atoms. The third kappa shape index (κ3) is 4.83. The fourth-order valence-electron chi connectivity index (χ4n) is 3.10. The summed E-state index contributed by atoms with van der Waals surface area (Å²) in [5.74, 6) is 0.467. The highest BCUT2D eigenvalue weighted by molar-refractivity contribution is 5.76. The van der Waals surface area contributed by atoms with Crippen molar-refractivity contribution in [1.29, 1.82) is 0 Å². The summed E-state index contributed by atoms with van der Waals surface area (Å²) in [6, 6.07) is 10.4. The van der Waals surface area contributed by atoms with Crippen LogP contribution in [0.4, 0.5) is 0 Å². The van der Waals surface area contributed by atoms with E-state index in [0.717, 1.165) is 31.4 Å². The maximum absolute atomic E-state index is 12.3. The molecule has 3 atom stereocenters. The molecule has 0 radical (unpaired) electrons. The first kappa shape index (κ1) is 16.0. The van der Waals surface area contributed by atoms with Gasteiger partial charge in [0.25, 0.3) is 0 Å². The largest absolute Gasteiger partial charge is 0.348 e. The van der Waals surface area contributed by atoms with Crippen molar-refractivity contribution in [2.45, 2.75) is 37.8 Å². The molecule has 1 saturated carbocycles. The van der Waals surface area contributed by atoms with Crippen LogP contribution in [0.15, 0.2) is 30.3 Å². The van der Waals surface area contributed by atoms with Gasteiger partial charge < -0.3 is 16.0 Å². The Morgan fingerprint density at radius 3 is 2.62 bits per heavy atom. The Morgan fingerprint density at radius 2 is 2.05 bits per heavy atom. The van der Waals surface area contributed by atoms with Crippen LogP contribution in [0.25, 0.3) is 0 Å². The van der Waals surface area contributed by atoms with Crippen molar-refractivity contribution in [3.05, 3.63) is 35.9 Å². The van der Waals surface area contributed by atoms with E-state index in [1.807, 2.05) is 32.3 Å². The number of nitrogens with zero attached hydrogens (tertiary/aromatic N) is 1. The third-order valence-electron chi connectivity index (χ3n) is 4.25. The zero-order chi connectivity index (χ0) is 15.2. The molecule has 1 aliphatic rings. The van der Waals surface area contributed by atoms with Crippen LogP contribution in [0.1, 0.15) is 37.3 Å². The van der Waals surface area contributed by atoms with Gasteiger partial charge in [0.15, 0.2) is 0 Å².